The second kappa shape index (κ2) is 4.48. The molecule has 3 rings (SSSR count). The lowest BCUT2D eigenvalue weighted by molar-refractivity contribution is -0.131. The van der Waals surface area contributed by atoms with Crippen LogP contribution >= 0.6 is 0 Å². The lowest BCUT2D eigenvalue weighted by Gasteiger charge is -2.20. The molecule has 4 nitrogen and oxygen atoms in total. The van der Waals surface area contributed by atoms with Gasteiger partial charge in [0.15, 0.2) is 0 Å². The molecule has 1 N–H and O–H groups in total. The highest BCUT2D eigenvalue weighted by Crippen LogP contribution is 2.31. The third-order valence-electron chi connectivity index (χ3n) is 3.40. The Hall–Kier alpha value is -2.20. The summed E-state index contributed by atoms with van der Waals surface area (Å²) in [5, 5.41) is 9.96. The molecule has 4 heteroatoms. The first-order valence-electron chi connectivity index (χ1n) is 6.14. The van der Waals surface area contributed by atoms with Gasteiger partial charge in [-0.05, 0) is 11.6 Å². The fraction of sp³-hybridized carbons (Fsp3) is 0.200. The van der Waals surface area contributed by atoms with E-state index in [0.717, 1.165) is 5.56 Å². The SMILES string of the molecule is O=C1C=C2C(=CC1=O)N(Cc1ccccc1)C[C@@H]2O. The third kappa shape index (κ3) is 2.11. The van der Waals surface area contributed by atoms with Crippen LogP contribution in [-0.2, 0) is 16.1 Å². The normalized spacial score (nSPS) is 22.2. The van der Waals surface area contributed by atoms with Crippen molar-refractivity contribution in [2.24, 2.45) is 0 Å². The minimum Gasteiger partial charge on any atom is -0.386 e. The Labute approximate surface area is 110 Å². The predicted molar refractivity (Wildman–Crippen MR) is 69.0 cm³/mol. The highest BCUT2D eigenvalue weighted by Gasteiger charge is 2.34. The monoisotopic (exact) mass is 255 g/mol. The van der Waals surface area contributed by atoms with E-state index in [9.17, 15) is 14.7 Å². The van der Waals surface area contributed by atoms with Crippen molar-refractivity contribution in [2.75, 3.05) is 6.54 Å². The molecule has 1 aliphatic carbocycles. The Morgan fingerprint density at radius 3 is 2.53 bits per heavy atom. The number of aliphatic hydroxyl groups excluding tert-OH is 1. The van der Waals surface area contributed by atoms with E-state index in [4.69, 9.17) is 0 Å². The van der Waals surface area contributed by atoms with E-state index >= 15 is 0 Å². The minimum atomic E-state index is -0.702. The van der Waals surface area contributed by atoms with Crippen LogP contribution in [0.1, 0.15) is 5.56 Å². The van der Waals surface area contributed by atoms with Gasteiger partial charge in [0, 0.05) is 30.4 Å². The van der Waals surface area contributed by atoms with Gasteiger partial charge in [-0.25, -0.2) is 0 Å². The Morgan fingerprint density at radius 2 is 1.79 bits per heavy atom. The number of hydrogen-bond donors (Lipinski definition) is 1. The summed E-state index contributed by atoms with van der Waals surface area (Å²) in [6.45, 7) is 1.02. The standard InChI is InChI=1S/C15H13NO3/c17-13-6-11-12(7-14(13)18)16(9-15(11)19)8-10-4-2-1-3-5-10/h1-7,15,19H,8-9H2/t15-/m0/s1. The van der Waals surface area contributed by atoms with Gasteiger partial charge in [0.2, 0.25) is 11.6 Å². The Kier molecular flexibility index (Phi) is 2.80. The van der Waals surface area contributed by atoms with Gasteiger partial charge >= 0.3 is 0 Å². The fourth-order valence-electron chi connectivity index (χ4n) is 2.46. The second-order valence-corrected chi connectivity index (χ2v) is 4.74. The van der Waals surface area contributed by atoms with Crippen LogP contribution in [0.3, 0.4) is 0 Å². The van der Waals surface area contributed by atoms with E-state index in [-0.39, 0.29) is 0 Å². The van der Waals surface area contributed by atoms with Crippen molar-refractivity contribution >= 4 is 11.6 Å². The molecule has 0 aromatic heterocycles. The molecule has 96 valence electrons. The second-order valence-electron chi connectivity index (χ2n) is 4.74. The van der Waals surface area contributed by atoms with E-state index in [1.54, 1.807) is 0 Å². The molecule has 0 amide bonds. The molecule has 0 bridgehead atoms. The first-order valence-corrected chi connectivity index (χ1v) is 6.14. The van der Waals surface area contributed by atoms with Gasteiger partial charge in [0.25, 0.3) is 0 Å². The molecule has 1 aromatic carbocycles. The fourth-order valence-corrected chi connectivity index (χ4v) is 2.46. The summed E-state index contributed by atoms with van der Waals surface area (Å²) < 4.78 is 0. The van der Waals surface area contributed by atoms with Crippen LogP contribution in [0.4, 0.5) is 0 Å². The maximum Gasteiger partial charge on any atom is 0.227 e. The molecule has 1 fully saturated rings. The predicted octanol–water partition coefficient (Wildman–Crippen LogP) is 0.825. The van der Waals surface area contributed by atoms with E-state index in [1.807, 2.05) is 35.2 Å². The summed E-state index contributed by atoms with van der Waals surface area (Å²) in [6, 6.07) is 9.82. The number of likely N-dealkylation sites (tertiary alicyclic amines) is 1. The van der Waals surface area contributed by atoms with Gasteiger partial charge in [-0.3, -0.25) is 9.59 Å². The number of aliphatic hydroxyl groups is 1. The first-order chi connectivity index (χ1) is 9.15. The Balaban J connectivity index is 1.89. The molecule has 19 heavy (non-hydrogen) atoms. The summed E-state index contributed by atoms with van der Waals surface area (Å²) in [5.74, 6) is -1.08. The molecular formula is C15H13NO3. The van der Waals surface area contributed by atoms with Crippen molar-refractivity contribution in [3.63, 3.8) is 0 Å². The van der Waals surface area contributed by atoms with Crippen molar-refractivity contribution in [3.8, 4) is 0 Å². The van der Waals surface area contributed by atoms with Gasteiger partial charge in [-0.1, -0.05) is 30.3 Å². The molecule has 0 saturated carbocycles. The van der Waals surface area contributed by atoms with Crippen LogP contribution in [0, 0.1) is 0 Å². The van der Waals surface area contributed by atoms with Gasteiger partial charge in [-0.15, -0.1) is 0 Å². The topological polar surface area (TPSA) is 57.6 Å². The van der Waals surface area contributed by atoms with Crippen LogP contribution in [0.15, 0.2) is 53.8 Å². The van der Waals surface area contributed by atoms with Crippen molar-refractivity contribution in [1.82, 2.24) is 4.90 Å². The summed E-state index contributed by atoms with van der Waals surface area (Å²) in [6.07, 6.45) is 1.89. The van der Waals surface area contributed by atoms with Gasteiger partial charge < -0.3 is 10.0 Å². The molecule has 1 aromatic rings. The number of β-amino-alcohol motifs (C(OH)–C–C–N with tert-alkyl or cyclic N) is 1. The number of allylic oxidation sites excluding steroid dienone is 2. The van der Waals surface area contributed by atoms with Crippen molar-refractivity contribution < 1.29 is 14.7 Å². The number of carbonyl (C=O) groups excluding carboxylic acids is 2. The lowest BCUT2D eigenvalue weighted by atomic mass is 10.0. The number of hydrogen-bond acceptors (Lipinski definition) is 4. The smallest absolute Gasteiger partial charge is 0.227 e. The minimum absolute atomic E-state index is 0.410. The average Bonchev–Trinajstić information content (AvgIpc) is 2.68. The molecule has 1 heterocycles. The van der Waals surface area contributed by atoms with Crippen LogP contribution < -0.4 is 0 Å². The largest absolute Gasteiger partial charge is 0.386 e. The number of nitrogens with zero attached hydrogens (tertiary/aromatic N) is 1. The zero-order chi connectivity index (χ0) is 13.4. The van der Waals surface area contributed by atoms with Crippen LogP contribution in [0.2, 0.25) is 0 Å². The molecule has 0 spiro atoms. The average molecular weight is 255 g/mol. The van der Waals surface area contributed by atoms with Crippen molar-refractivity contribution in [1.29, 1.82) is 0 Å². The van der Waals surface area contributed by atoms with Gasteiger partial charge in [-0.2, -0.15) is 0 Å². The Morgan fingerprint density at radius 1 is 1.11 bits per heavy atom. The molecule has 0 unspecified atom stereocenters. The zero-order valence-corrected chi connectivity index (χ0v) is 10.2. The quantitative estimate of drug-likeness (QED) is 0.628. The number of carbonyl (C=O) groups is 2. The summed E-state index contributed by atoms with van der Waals surface area (Å²) in [5.41, 5.74) is 2.32. The lowest BCUT2D eigenvalue weighted by Crippen LogP contribution is -2.22. The molecule has 1 atom stereocenters. The maximum atomic E-state index is 11.5. The van der Waals surface area contributed by atoms with E-state index in [2.05, 4.69) is 0 Å². The van der Waals surface area contributed by atoms with E-state index < -0.39 is 17.7 Å². The van der Waals surface area contributed by atoms with Crippen LogP contribution in [0.5, 0.6) is 0 Å². The highest BCUT2D eigenvalue weighted by molar-refractivity contribution is 6.46. The van der Waals surface area contributed by atoms with Gasteiger partial charge in [0.05, 0.1) is 6.10 Å². The summed E-state index contributed by atoms with van der Waals surface area (Å²) >= 11 is 0. The maximum absolute atomic E-state index is 11.5. The number of rotatable bonds is 2. The molecule has 2 aliphatic rings. The number of fused-ring (bicyclic) bond motifs is 1. The summed E-state index contributed by atoms with van der Waals surface area (Å²) in [4.78, 5) is 24.7. The zero-order valence-electron chi connectivity index (χ0n) is 10.2. The first kappa shape index (κ1) is 11.9. The highest BCUT2D eigenvalue weighted by atomic mass is 16.3. The number of benzene rings is 1. The van der Waals surface area contributed by atoms with Crippen molar-refractivity contribution in [3.05, 3.63) is 59.3 Å². The summed E-state index contributed by atoms with van der Waals surface area (Å²) in [7, 11) is 0. The molecule has 1 saturated heterocycles. The van der Waals surface area contributed by atoms with Crippen molar-refractivity contribution in [2.45, 2.75) is 12.6 Å². The number of ketones is 2. The Bertz CT molecular complexity index is 601. The van der Waals surface area contributed by atoms with Gasteiger partial charge in [0.1, 0.15) is 0 Å². The molecule has 0 radical (unpaired) electrons. The van der Waals surface area contributed by atoms with E-state index in [1.165, 1.54) is 12.2 Å². The molecule has 1 aliphatic heterocycles. The van der Waals surface area contributed by atoms with E-state index in [0.29, 0.717) is 24.4 Å². The third-order valence-corrected chi connectivity index (χ3v) is 3.40. The van der Waals surface area contributed by atoms with Crippen LogP contribution in [-0.4, -0.2) is 34.2 Å². The van der Waals surface area contributed by atoms with Crippen LogP contribution in [0.25, 0.3) is 0 Å². The molecular weight excluding hydrogens is 242 g/mol.